The lowest BCUT2D eigenvalue weighted by Gasteiger charge is -2.06. The molecule has 0 aliphatic carbocycles. The van der Waals surface area contributed by atoms with Gasteiger partial charge in [-0.1, -0.05) is 5.48 Å². The van der Waals surface area contributed by atoms with E-state index in [1.807, 2.05) is 20.8 Å². The third-order valence-corrected chi connectivity index (χ3v) is 1.80. The van der Waals surface area contributed by atoms with Gasteiger partial charge < -0.3 is 0 Å². The van der Waals surface area contributed by atoms with E-state index in [9.17, 15) is 0 Å². The minimum atomic E-state index is -0.0373. The third-order valence-electron chi connectivity index (χ3n) is 1.80. The van der Waals surface area contributed by atoms with Crippen molar-refractivity contribution in [2.24, 2.45) is 9.98 Å². The number of terminal acetylenes is 1. The van der Waals surface area contributed by atoms with Crippen molar-refractivity contribution in [3.63, 3.8) is 0 Å². The summed E-state index contributed by atoms with van der Waals surface area (Å²) in [4.78, 5) is 13.6. The van der Waals surface area contributed by atoms with Gasteiger partial charge in [-0.05, 0) is 19.8 Å². The number of nitrogens with zero attached hydrogens (tertiary/aromatic N) is 3. The molecule has 1 heterocycles. The maximum absolute atomic E-state index is 5.28. The van der Waals surface area contributed by atoms with Crippen molar-refractivity contribution >= 4 is 18.3 Å². The quantitative estimate of drug-likeness (QED) is 0.486. The van der Waals surface area contributed by atoms with Crippen molar-refractivity contribution in [1.29, 1.82) is 0 Å². The summed E-state index contributed by atoms with van der Waals surface area (Å²) in [6.07, 6.45) is 10.0. The molecule has 0 aromatic heterocycles. The number of allylic oxidation sites excluding steroid dienone is 1. The average Bonchev–Trinajstić information content (AvgIpc) is 2.27. The van der Waals surface area contributed by atoms with Crippen molar-refractivity contribution in [2.45, 2.75) is 26.8 Å². The van der Waals surface area contributed by atoms with Crippen molar-refractivity contribution in [2.75, 3.05) is 0 Å². The van der Waals surface area contributed by atoms with E-state index in [-0.39, 0.29) is 6.04 Å². The Morgan fingerprint density at radius 2 is 2.38 bits per heavy atom. The molecule has 1 aliphatic rings. The number of rotatable bonds is 0. The van der Waals surface area contributed by atoms with Crippen LogP contribution in [0.3, 0.4) is 0 Å². The Labute approximate surface area is 95.2 Å². The Balaban J connectivity index is 3.03. The van der Waals surface area contributed by atoms with Crippen LogP contribution in [0, 0.1) is 12.3 Å². The minimum absolute atomic E-state index is 0.0373. The molecule has 84 valence electrons. The lowest BCUT2D eigenvalue weighted by molar-refractivity contribution is -0.768. The second-order valence-electron chi connectivity index (χ2n) is 3.34. The van der Waals surface area contributed by atoms with Crippen LogP contribution in [0.4, 0.5) is 0 Å². The maximum Gasteiger partial charge on any atom is 0.275 e. The van der Waals surface area contributed by atoms with Crippen LogP contribution in [0.2, 0.25) is 0 Å². The highest BCUT2D eigenvalue weighted by molar-refractivity contribution is 5.89. The number of hydroxylamine groups is 2. The minimum Gasteiger partial charge on any atom is -0.244 e. The molecular formula is C11H15N4O+. The van der Waals surface area contributed by atoms with E-state index in [1.54, 1.807) is 12.4 Å². The van der Waals surface area contributed by atoms with Crippen LogP contribution in [0.15, 0.2) is 21.9 Å². The molecule has 0 saturated carbocycles. The highest BCUT2D eigenvalue weighted by atomic mass is 16.8. The van der Waals surface area contributed by atoms with Gasteiger partial charge in [-0.25, -0.2) is 9.98 Å². The smallest absolute Gasteiger partial charge is 0.244 e. The highest BCUT2D eigenvalue weighted by Crippen LogP contribution is 1.98. The van der Waals surface area contributed by atoms with Gasteiger partial charge >= 0.3 is 0 Å². The topological polar surface area (TPSA) is 49.0 Å². The van der Waals surface area contributed by atoms with Crippen LogP contribution < -0.4 is 5.48 Å². The molecule has 1 unspecified atom stereocenters. The van der Waals surface area contributed by atoms with Gasteiger partial charge in [0.1, 0.15) is 12.0 Å². The summed E-state index contributed by atoms with van der Waals surface area (Å²) in [5.41, 5.74) is 3.55. The fourth-order valence-corrected chi connectivity index (χ4v) is 0.935. The Morgan fingerprint density at radius 3 is 3.06 bits per heavy atom. The summed E-state index contributed by atoms with van der Waals surface area (Å²) >= 11 is 0. The SMILES string of the molecule is C#C/C=[N+]1\ONC(C)C=NC(C)=NC=C1C. The Morgan fingerprint density at radius 1 is 1.62 bits per heavy atom. The van der Waals surface area contributed by atoms with Gasteiger partial charge in [-0.15, -0.1) is 6.42 Å². The molecule has 1 N–H and O–H groups in total. The molecule has 16 heavy (non-hydrogen) atoms. The van der Waals surface area contributed by atoms with E-state index in [1.165, 1.54) is 11.0 Å². The van der Waals surface area contributed by atoms with Crippen LogP contribution >= 0.6 is 0 Å². The van der Waals surface area contributed by atoms with E-state index in [2.05, 4.69) is 21.4 Å². The average molecular weight is 219 g/mol. The van der Waals surface area contributed by atoms with Gasteiger partial charge in [0.05, 0.1) is 6.04 Å². The second-order valence-corrected chi connectivity index (χ2v) is 3.34. The summed E-state index contributed by atoms with van der Waals surface area (Å²) in [5, 5.41) is 0. The predicted octanol–water partition coefficient (Wildman–Crippen LogP) is 0.892. The van der Waals surface area contributed by atoms with E-state index in [4.69, 9.17) is 11.4 Å². The van der Waals surface area contributed by atoms with Gasteiger partial charge in [0.15, 0.2) is 0 Å². The van der Waals surface area contributed by atoms with Gasteiger partial charge in [0.2, 0.25) is 0 Å². The van der Waals surface area contributed by atoms with Crippen LogP contribution in [0.1, 0.15) is 20.8 Å². The summed E-state index contributed by atoms with van der Waals surface area (Å²) in [5.74, 6) is 3.07. The van der Waals surface area contributed by atoms with Gasteiger partial charge in [-0.2, -0.15) is 4.94 Å². The van der Waals surface area contributed by atoms with E-state index in [0.29, 0.717) is 5.84 Å². The molecule has 0 amide bonds. The Hall–Kier alpha value is -1.93. The first kappa shape index (κ1) is 12.1. The normalized spacial score (nSPS) is 24.1. The lowest BCUT2D eigenvalue weighted by Crippen LogP contribution is -2.32. The summed E-state index contributed by atoms with van der Waals surface area (Å²) in [7, 11) is 0. The molecule has 0 spiro atoms. The standard InChI is InChI=1S/C11H15N4O/c1-5-6-15-10(3)8-13-11(4)12-7-9(2)14-16-15/h1,6-9,14H,2-4H3/q+1/b10-8?,12-7?,13-11?,15-6-. The number of hydrogen-bond acceptors (Lipinski definition) is 4. The molecule has 5 nitrogen and oxygen atoms in total. The highest BCUT2D eigenvalue weighted by Gasteiger charge is 2.12. The zero-order valence-corrected chi connectivity index (χ0v) is 9.64. The largest absolute Gasteiger partial charge is 0.275 e. The monoisotopic (exact) mass is 219 g/mol. The molecule has 1 aliphatic heterocycles. The summed E-state index contributed by atoms with van der Waals surface area (Å²) < 4.78 is 1.44. The zero-order valence-electron chi connectivity index (χ0n) is 9.64. The zero-order chi connectivity index (χ0) is 12.0. The number of hydrogen-bond donors (Lipinski definition) is 1. The molecule has 0 saturated heterocycles. The fraction of sp³-hybridized carbons (Fsp3) is 0.364. The van der Waals surface area contributed by atoms with Crippen molar-refractivity contribution in [3.8, 4) is 12.3 Å². The molecule has 1 rings (SSSR count). The van der Waals surface area contributed by atoms with Gasteiger partial charge in [-0.3, -0.25) is 0 Å². The van der Waals surface area contributed by atoms with E-state index < -0.39 is 0 Å². The van der Waals surface area contributed by atoms with Crippen LogP contribution in [-0.4, -0.2) is 29.0 Å². The third kappa shape index (κ3) is 3.67. The molecule has 0 aromatic rings. The summed E-state index contributed by atoms with van der Waals surface area (Å²) in [6, 6.07) is -0.0373. The van der Waals surface area contributed by atoms with E-state index in [0.717, 1.165) is 5.70 Å². The Kier molecular flexibility index (Phi) is 4.42. The molecule has 0 fully saturated rings. The fourth-order valence-electron chi connectivity index (χ4n) is 0.935. The maximum atomic E-state index is 5.28. The van der Waals surface area contributed by atoms with Crippen LogP contribution in [0.5, 0.6) is 0 Å². The van der Waals surface area contributed by atoms with Crippen molar-refractivity contribution < 1.29 is 9.68 Å². The van der Waals surface area contributed by atoms with Gasteiger partial charge in [0, 0.05) is 17.9 Å². The number of amidine groups is 1. The van der Waals surface area contributed by atoms with Crippen molar-refractivity contribution in [1.82, 2.24) is 5.48 Å². The molecule has 0 radical (unpaired) electrons. The first-order valence-corrected chi connectivity index (χ1v) is 4.90. The van der Waals surface area contributed by atoms with Crippen LogP contribution in [-0.2, 0) is 4.94 Å². The molecule has 5 heteroatoms. The summed E-state index contributed by atoms with van der Waals surface area (Å²) in [6.45, 7) is 5.57. The molecular weight excluding hydrogens is 204 g/mol. The molecule has 0 bridgehead atoms. The van der Waals surface area contributed by atoms with Crippen LogP contribution in [0.25, 0.3) is 0 Å². The van der Waals surface area contributed by atoms with Gasteiger partial charge in [0.25, 0.3) is 11.9 Å². The Bertz CT molecular complexity index is 412. The number of nitrogens with one attached hydrogen (secondary N) is 1. The first-order valence-electron chi connectivity index (χ1n) is 4.90. The predicted molar refractivity (Wildman–Crippen MR) is 64.2 cm³/mol. The van der Waals surface area contributed by atoms with Crippen molar-refractivity contribution in [3.05, 3.63) is 11.9 Å². The molecule has 1 atom stereocenters. The molecule has 0 aromatic carbocycles. The number of aliphatic imine (C=N–C) groups is 2. The van der Waals surface area contributed by atoms with E-state index >= 15 is 0 Å². The first-order chi connectivity index (χ1) is 7.63. The second kappa shape index (κ2) is 5.83. The lowest BCUT2D eigenvalue weighted by atomic mass is 10.4.